The molecule has 0 radical (unpaired) electrons. The lowest BCUT2D eigenvalue weighted by Crippen LogP contribution is -2.59. The number of hydrogen-bond acceptors (Lipinski definition) is 29. The second kappa shape index (κ2) is 45.4. The number of amides is 4. The molecule has 4 amide bonds. The predicted molar refractivity (Wildman–Crippen MR) is 563 cm³/mol. The summed E-state index contributed by atoms with van der Waals surface area (Å²) in [5.41, 5.74) is -2.00. The fourth-order valence-corrected chi connectivity index (χ4v) is 21.1. The SMILES string of the molecule is COC1COc2c(Br)c(Cl)cc3c(N4C[C@@H](C)N(C(=O)OC(C)(C)C)C[C@@H]4C)nc(=O)n(c23)C1.C[C@@H]1CN(c2nc(=O)[nH]c3c(O)c(Br)c(Cl)cc23)[C@@H](C)CN1C(=O)OC(C)(C)C.C[C@@H]1CN(c2nc(=O)n3c4c(c(Br)c(Cl)cc24)OCC(N2CCOCC2)C3)[C@@H](C)CN1C(=O)OC(C)(C)C.C[C@@H]1CN(c2nc(=O)n3c4c(c(Br)c(Cl)cc24)OCC(O)C3)[C@@H](C)CN1C(=O)OC(C)(C)C.OC(CBr)CBr. The number of aromatic nitrogens is 8. The number of phenols is 1. The summed E-state index contributed by atoms with van der Waals surface area (Å²) in [6.07, 6.45) is -2.81. The molecule has 11 atom stereocenters. The summed E-state index contributed by atoms with van der Waals surface area (Å²) in [6, 6.07) is 5.91. The molecule has 4 N–H and O–H groups in total. The maximum Gasteiger partial charge on any atom is 0.410 e. The van der Waals surface area contributed by atoms with Crippen LogP contribution in [0, 0.1) is 0 Å². The second-order valence-electron chi connectivity index (χ2n) is 40.1. The van der Waals surface area contributed by atoms with Crippen molar-refractivity contribution in [3.63, 3.8) is 0 Å². The molecule has 0 bridgehead atoms. The number of nitrogens with one attached hydrogen (secondary N) is 1. The van der Waals surface area contributed by atoms with Gasteiger partial charge >= 0.3 is 47.1 Å². The third-order valence-corrected chi connectivity index (χ3v) is 31.1. The van der Waals surface area contributed by atoms with Crippen molar-refractivity contribution in [1.29, 1.82) is 0 Å². The number of piperazine rings is 4. The van der Waals surface area contributed by atoms with Gasteiger partial charge in [0.15, 0.2) is 23.0 Å². The Labute approximate surface area is 882 Å². The van der Waals surface area contributed by atoms with Crippen molar-refractivity contribution in [1.82, 2.24) is 63.1 Å². The number of H-pyrrole nitrogens is 1. The zero-order valence-corrected chi connectivity index (χ0v) is 94.6. The molecule has 37 nitrogen and oxygen atoms in total. The number of aliphatic hydroxyl groups excluding tert-OH is 2. The minimum absolute atomic E-state index is 0.00171. The average Bonchev–Trinajstić information content (AvgIpc) is 1.46. The number of nitrogens with zero attached hydrogens (tertiary/aromatic N) is 16. The van der Waals surface area contributed by atoms with E-state index in [0.717, 1.165) is 18.5 Å². The number of aromatic hydroxyl groups is 1. The van der Waals surface area contributed by atoms with Crippen molar-refractivity contribution >= 4 is 233 Å². The van der Waals surface area contributed by atoms with Gasteiger partial charge in [0.05, 0.1) is 98.5 Å². The summed E-state index contributed by atoms with van der Waals surface area (Å²) in [6.45, 7) is 45.9. The molecule has 47 heteroatoms. The van der Waals surface area contributed by atoms with Crippen molar-refractivity contribution in [3.05, 3.63) is 104 Å². The Balaban J connectivity index is 0.000000164. The van der Waals surface area contributed by atoms with Gasteiger partial charge in [-0.05, 0) is 226 Å². The Morgan fingerprint density at radius 2 is 0.750 bits per heavy atom. The number of aliphatic hydroxyl groups is 2. The highest BCUT2D eigenvalue weighted by molar-refractivity contribution is 9.11. The first-order chi connectivity index (χ1) is 65.4. The lowest BCUT2D eigenvalue weighted by Gasteiger charge is -2.45. The lowest BCUT2D eigenvalue weighted by atomic mass is 10.1. The van der Waals surface area contributed by atoms with E-state index in [2.05, 4.69) is 135 Å². The fourth-order valence-electron chi connectivity index (χ4n) is 17.7. The van der Waals surface area contributed by atoms with Gasteiger partial charge in [-0.15, -0.1) is 0 Å². The largest absolute Gasteiger partial charge is 0.505 e. The number of aromatic amines is 1. The molecule has 4 aromatic carbocycles. The number of morpholine rings is 1. The van der Waals surface area contributed by atoms with Gasteiger partial charge in [-0.25, -0.2) is 38.4 Å². The quantitative estimate of drug-likeness (QED) is 0.0811. The summed E-state index contributed by atoms with van der Waals surface area (Å²) < 4.78 is 58.3. The summed E-state index contributed by atoms with van der Waals surface area (Å²) in [7, 11) is 1.59. The zero-order chi connectivity index (χ0) is 103. The average molecular weight is 2420 g/mol. The first-order valence-electron chi connectivity index (χ1n) is 46.1. The van der Waals surface area contributed by atoms with E-state index in [-0.39, 0.29) is 133 Å². The van der Waals surface area contributed by atoms with Crippen LogP contribution in [0.25, 0.3) is 43.6 Å². The minimum Gasteiger partial charge on any atom is -0.505 e. The summed E-state index contributed by atoms with van der Waals surface area (Å²) in [5, 5.41) is 34.8. The number of rotatable bonds is 8. The monoisotopic (exact) mass is 2410 g/mol. The van der Waals surface area contributed by atoms with Crippen LogP contribution in [0.2, 0.25) is 20.1 Å². The lowest BCUT2D eigenvalue weighted by molar-refractivity contribution is 0.00327. The molecular formula is C93H123Br6Cl4N17O20. The van der Waals surface area contributed by atoms with Crippen LogP contribution in [0.1, 0.15) is 138 Å². The van der Waals surface area contributed by atoms with Gasteiger partial charge in [-0.3, -0.25) is 18.6 Å². The summed E-state index contributed by atoms with van der Waals surface area (Å²) >= 11 is 45.9. The molecule has 8 aromatic rings. The highest BCUT2D eigenvalue weighted by Crippen LogP contribution is 2.49. The molecule has 4 aromatic heterocycles. The second-order valence-corrected chi connectivity index (χ2v) is 46.2. The molecule has 8 aliphatic heterocycles. The number of methoxy groups -OCH3 is 1. The third kappa shape index (κ3) is 25.5. The van der Waals surface area contributed by atoms with E-state index in [4.69, 9.17) is 94.1 Å². The van der Waals surface area contributed by atoms with Gasteiger partial charge in [0.2, 0.25) is 0 Å². The molecule has 3 unspecified atom stereocenters. The van der Waals surface area contributed by atoms with Crippen LogP contribution in [0.5, 0.6) is 23.0 Å². The number of phenolic OH excluding ortho intramolecular Hbond substituents is 1. The van der Waals surface area contributed by atoms with Crippen molar-refractivity contribution < 1.29 is 77.1 Å². The van der Waals surface area contributed by atoms with E-state index in [9.17, 15) is 48.6 Å². The van der Waals surface area contributed by atoms with Crippen molar-refractivity contribution in [2.24, 2.45) is 0 Å². The van der Waals surface area contributed by atoms with E-state index >= 15 is 0 Å². The minimum atomic E-state index is -0.854. The predicted octanol–water partition coefficient (Wildman–Crippen LogP) is 16.2. The first kappa shape index (κ1) is 112. The first-order valence-corrected chi connectivity index (χ1v) is 53.0. The van der Waals surface area contributed by atoms with Gasteiger partial charge in [0.25, 0.3) is 0 Å². The van der Waals surface area contributed by atoms with Crippen LogP contribution >= 0.6 is 142 Å². The normalized spacial score (nSPS) is 22.4. The van der Waals surface area contributed by atoms with Gasteiger partial charge < -0.3 is 102 Å². The van der Waals surface area contributed by atoms with E-state index in [1.165, 1.54) is 4.57 Å². The number of fused-ring (bicyclic) bond motifs is 1. The molecule has 12 heterocycles. The molecule has 16 rings (SSSR count). The molecule has 8 aliphatic rings. The number of ether oxygens (including phenoxy) is 9. The maximum absolute atomic E-state index is 13.6. The van der Waals surface area contributed by atoms with Crippen LogP contribution in [0.15, 0.2) is 61.3 Å². The van der Waals surface area contributed by atoms with Crippen molar-refractivity contribution in [2.45, 2.75) is 253 Å². The Morgan fingerprint density at radius 1 is 0.443 bits per heavy atom. The molecule has 770 valence electrons. The van der Waals surface area contributed by atoms with Crippen molar-refractivity contribution in [3.8, 4) is 23.0 Å². The molecular weight excluding hydrogens is 2300 g/mol. The van der Waals surface area contributed by atoms with E-state index in [0.29, 0.717) is 207 Å². The van der Waals surface area contributed by atoms with E-state index in [1.807, 2.05) is 154 Å². The number of carbonyl (C=O) groups is 4. The highest BCUT2D eigenvalue weighted by atomic mass is 79.9. The number of alkyl halides is 2. The zero-order valence-electron chi connectivity index (χ0n) is 82.1. The number of hydrogen-bond donors (Lipinski definition) is 4. The maximum atomic E-state index is 13.6. The Bertz CT molecular complexity index is 6210. The molecule has 140 heavy (non-hydrogen) atoms. The van der Waals surface area contributed by atoms with Crippen LogP contribution in [0.3, 0.4) is 0 Å². The smallest absolute Gasteiger partial charge is 0.410 e. The van der Waals surface area contributed by atoms with E-state index in [1.54, 1.807) is 54.0 Å². The van der Waals surface area contributed by atoms with Crippen LogP contribution in [-0.4, -0.2) is 314 Å². The topological polar surface area (TPSA) is 392 Å². The summed E-state index contributed by atoms with van der Waals surface area (Å²) in [5.74, 6) is 3.27. The molecule has 5 saturated heterocycles. The Hall–Kier alpha value is -7.24. The molecule has 0 spiro atoms. The third-order valence-electron chi connectivity index (χ3n) is 24.4. The number of halogens is 10. The number of anilines is 4. The van der Waals surface area contributed by atoms with Gasteiger partial charge in [0.1, 0.15) is 77.7 Å². The highest BCUT2D eigenvalue weighted by Gasteiger charge is 2.44. The molecule has 0 saturated carbocycles. The fraction of sp³-hybridized carbons (Fsp3) is 0.613. The van der Waals surface area contributed by atoms with Gasteiger partial charge in [-0.1, -0.05) is 78.3 Å². The van der Waals surface area contributed by atoms with Gasteiger partial charge in [0, 0.05) is 160 Å². The van der Waals surface area contributed by atoms with Crippen LogP contribution in [-0.2, 0) is 48.1 Å². The Kier molecular flexibility index (Phi) is 36.2. The Morgan fingerprint density at radius 3 is 1.08 bits per heavy atom. The standard InChI is InChI=1S/C26H35BrClN5O5.C23H30BrClN4O5.C22H28BrClN4O5.C19H24BrClN4O4.C3H6Br2O/c1-15-12-32(25(35)38-26(3,4)5)16(2)11-31(15)23-18-10-19(28)20(27)22-21(18)33(24(34)29-23)13-17(14-37-22)30-6-8-36-9-7-30;1-12-9-28(22(31)34-23(3,4)5)13(2)8-27(12)20-15-7-16(25)17(24)19-18(15)29(21(30)26-20)10-14(32-6)11-33-19;1-11-8-27(21(31)33-22(3,4)5)12(2)7-26(11)19-14-6-15(24)16(23)18-17(14)28(20(30)25-19)9-13(29)10-32-18;1-9-8-25(18(28)29-19(3,4)5)10(2)7-24(9)16-11-6-12(21)13(20)15(26)14(11)22-17(27)23-16;4-1-3(6)2-5/h10,15-17H,6-9,11-14H2,1-5H3;7,12-14H,8-11H2,1-6H3;6,11-13,29H,7-10H2,1-5H3;6,9-10,26H,7-8H2,1-5H3,(H,22,23,27);3,6H,1-2H2/t15-,16+,17?;12-,13+,14?;11-,12+,13?;9-,10+;/m0000./s1. The number of carbonyl (C=O) groups excluding carboxylic acids is 4. The van der Waals surface area contributed by atoms with Gasteiger partial charge in [-0.2, -0.15) is 19.9 Å². The summed E-state index contributed by atoms with van der Waals surface area (Å²) in [4.78, 5) is 140. The molecule has 0 aliphatic carbocycles. The van der Waals surface area contributed by atoms with Crippen molar-refractivity contribution in [2.75, 3.05) is 136 Å². The van der Waals surface area contributed by atoms with E-state index < -0.39 is 39.9 Å². The number of benzene rings is 4. The molecule has 5 fully saturated rings. The van der Waals surface area contributed by atoms with Crippen LogP contribution in [0.4, 0.5) is 42.4 Å². The van der Waals surface area contributed by atoms with Crippen LogP contribution < -0.4 is 56.6 Å².